The van der Waals surface area contributed by atoms with Crippen molar-refractivity contribution >= 4 is 167 Å². The number of phenolic OH excluding ortho intramolecular Hbond substituents is 1. The van der Waals surface area contributed by atoms with Crippen molar-refractivity contribution in [3.05, 3.63) is 29.8 Å². The number of aromatic hydroxyl groups is 1. The number of aliphatic hydroxyl groups excluding tert-OH is 1. The molecule has 0 unspecified atom stereocenters. The fourth-order valence-electron chi connectivity index (χ4n) is 14.5. The molecule has 0 aliphatic carbocycles. The first kappa shape index (κ1) is 133. The molecule has 0 radical (unpaired) electrons. The number of carbonyl (C=O) groups excluding carboxylic acids is 17. The molecule has 20 atom stereocenters. The Labute approximate surface area is 871 Å². The van der Waals surface area contributed by atoms with Gasteiger partial charge in [-0.25, -0.2) is 4.79 Å². The molecule has 0 saturated carbocycles. The quantitative estimate of drug-likeness (QED) is 0.0125. The second-order valence-corrected chi connectivity index (χ2v) is 39.3. The second kappa shape index (κ2) is 70.0. The summed E-state index contributed by atoms with van der Waals surface area (Å²) in [6.07, 6.45) is -3.15. The number of carboxylic acids is 4. The molecule has 1 aromatic rings. The van der Waals surface area contributed by atoms with Gasteiger partial charge in [0.1, 0.15) is 108 Å². The van der Waals surface area contributed by atoms with E-state index >= 15 is 0 Å². The van der Waals surface area contributed by atoms with Gasteiger partial charge in [-0.1, -0.05) is 102 Å². The second-order valence-electron chi connectivity index (χ2n) is 37.6. The van der Waals surface area contributed by atoms with Crippen LogP contribution >= 0.6 is 37.0 Å². The molecule has 35 N–H and O–H groups in total. The Morgan fingerprint density at radius 3 is 0.980 bits per heavy atom. The van der Waals surface area contributed by atoms with Crippen LogP contribution in [0, 0.1) is 35.5 Å². The lowest BCUT2D eigenvalue weighted by Crippen LogP contribution is -2.63. The minimum atomic E-state index is -2.00. The van der Waals surface area contributed by atoms with Crippen molar-refractivity contribution in [2.45, 2.75) is 327 Å². The van der Waals surface area contributed by atoms with Crippen LogP contribution < -0.4 is 125 Å². The van der Waals surface area contributed by atoms with Crippen LogP contribution in [0.2, 0.25) is 0 Å². The summed E-state index contributed by atoms with van der Waals surface area (Å²) < 4.78 is 0. The zero-order chi connectivity index (χ0) is 112. The fourth-order valence-corrected chi connectivity index (χ4v) is 15.5. The molecule has 54 heteroatoms. The number of phenols is 1. The van der Waals surface area contributed by atoms with Crippen molar-refractivity contribution in [1.82, 2.24) is 90.4 Å². The maximum absolute atomic E-state index is 14.9. The summed E-state index contributed by atoms with van der Waals surface area (Å²) in [6, 6.07) is -23.0. The molecule has 17 amide bonds. The highest BCUT2D eigenvalue weighted by molar-refractivity contribution is 7.98. The van der Waals surface area contributed by atoms with Gasteiger partial charge in [0.05, 0.1) is 18.6 Å². The summed E-state index contributed by atoms with van der Waals surface area (Å²) in [5.74, 6) is -28.6. The van der Waals surface area contributed by atoms with E-state index in [9.17, 15) is 131 Å². The van der Waals surface area contributed by atoms with Crippen LogP contribution in [0.25, 0.3) is 0 Å². The molecule has 0 heterocycles. The van der Waals surface area contributed by atoms with E-state index in [0.29, 0.717) is 18.4 Å². The average Bonchev–Trinajstić information content (AvgIpc) is 0.838. The highest BCUT2D eigenvalue weighted by Crippen LogP contribution is 2.20. The number of nitrogens with one attached hydrogen (secondary N) is 17. The Hall–Kier alpha value is -12.0. The van der Waals surface area contributed by atoms with E-state index in [-0.39, 0.29) is 127 Å². The molecule has 0 bridgehead atoms. The van der Waals surface area contributed by atoms with E-state index in [1.807, 2.05) is 0 Å². The van der Waals surface area contributed by atoms with Crippen LogP contribution in [-0.4, -0.2) is 325 Å². The molecule has 0 spiro atoms. The van der Waals surface area contributed by atoms with Gasteiger partial charge in [-0.15, -0.1) is 0 Å². The van der Waals surface area contributed by atoms with Crippen LogP contribution in [0.5, 0.6) is 5.75 Å². The Bertz CT molecular complexity index is 4520. The number of hydrogen-bond donors (Lipinski definition) is 31. The summed E-state index contributed by atoms with van der Waals surface area (Å²) in [4.78, 5) is 296. The van der Waals surface area contributed by atoms with Crippen LogP contribution in [-0.2, 0) is 107 Å². The van der Waals surface area contributed by atoms with Gasteiger partial charge in [-0.05, 0) is 182 Å². The summed E-state index contributed by atoms with van der Waals surface area (Å²) in [7, 11) is 0. The predicted octanol–water partition coefficient (Wildman–Crippen LogP) is -5.45. The van der Waals surface area contributed by atoms with Crippen molar-refractivity contribution < 1.29 is 131 Å². The van der Waals surface area contributed by atoms with Gasteiger partial charge in [-0.3, -0.25) is 101 Å². The number of carbonyl (C=O) groups is 21. The number of thioether (sulfide) groups is 1. The van der Waals surface area contributed by atoms with E-state index in [1.165, 1.54) is 77.6 Å². The molecular weight excluding hydrogens is 1980 g/mol. The first-order chi connectivity index (χ1) is 69.0. The Balaban J connectivity index is 3.76. The number of thiol groups is 2. The zero-order valence-electron chi connectivity index (χ0n) is 86.1. The van der Waals surface area contributed by atoms with Gasteiger partial charge < -0.3 is 155 Å². The van der Waals surface area contributed by atoms with Gasteiger partial charge in [0, 0.05) is 37.3 Å². The third-order valence-electron chi connectivity index (χ3n) is 23.6. The average molecular weight is 2140 g/mol. The number of hydrogen-bond acceptors (Lipinski definition) is 31. The fraction of sp³-hybridized carbons (Fsp3) is 0.699. The van der Waals surface area contributed by atoms with Gasteiger partial charge in [0.15, 0.2) is 5.96 Å². The third-order valence-corrected chi connectivity index (χ3v) is 25.0. The van der Waals surface area contributed by atoms with E-state index in [4.69, 9.17) is 34.4 Å². The van der Waals surface area contributed by atoms with Gasteiger partial charge in [0.2, 0.25) is 100 Å². The van der Waals surface area contributed by atoms with Crippen molar-refractivity contribution in [2.24, 2.45) is 74.9 Å². The molecule has 0 aliphatic heterocycles. The summed E-state index contributed by atoms with van der Waals surface area (Å²) in [5, 5.41) is 103. The largest absolute Gasteiger partial charge is 0.508 e. The van der Waals surface area contributed by atoms with Crippen LogP contribution in [0.4, 0.5) is 0 Å². The van der Waals surface area contributed by atoms with Crippen LogP contribution in [0.1, 0.15) is 211 Å². The van der Waals surface area contributed by atoms with Gasteiger partial charge in [0.25, 0.3) is 0 Å². The zero-order valence-corrected chi connectivity index (χ0v) is 88.7. The Morgan fingerprint density at radius 1 is 0.340 bits per heavy atom. The van der Waals surface area contributed by atoms with Crippen molar-refractivity contribution in [3.63, 3.8) is 0 Å². The molecule has 0 aliphatic rings. The monoisotopic (exact) mass is 2140 g/mol. The molecule has 0 fully saturated rings. The predicted molar refractivity (Wildman–Crippen MR) is 551 cm³/mol. The molecule has 0 aromatic heterocycles. The molecular formula is C93H160N24O27S3. The maximum Gasteiger partial charge on any atom is 0.326 e. The number of rotatable bonds is 74. The normalized spacial score (nSPS) is 15.4. The highest BCUT2D eigenvalue weighted by Gasteiger charge is 2.43. The number of unbranched alkanes of at least 4 members (excludes halogenated alkanes) is 3. The SMILES string of the molecule is CC[C@H](C)[C@H](NC(=O)[C@H](CCCN=C(N)N)NC(=O)[C@@H](NC(=O)[C@H](CS)NC(=O)[C@@H](NC(=O)[C@@H](NC(=O)[C@H](CC(=O)O)NC(=O)[C@H](CCCCN)NC(=O)[C@H](CCSC)NC(=O)[C@H](CCCCN)NC(=O)[C@H](CS)NC(=O)[C@H](CCC(=O)O)NC(=O)[C@@H](NC(=O)[C@@H](N)C(C)C)C(C)C)C(C)C)C(C)C)[C@@H](C)O)C(=O)N[C@@H](Cc1ccc(O)cc1)C(=O)N[C@@H](CCC(=O)O)C(=O)N[C@@H](CCCCN)C(=O)N[C@H](C(=O)O)C(C)C. The standard InChI is InChI=1S/C93H160N24O27S3/c1-15-50(12)73(90(141)109-61(41-52-27-29-53(119)30-28-52)82(133)104-58(31-33-65(120)121)77(128)102-56(25-18-21-38-96)80(131)115-72(49(10)11)92(143)144)116-81(132)57(26-22-39-100-93(98)99)106-91(142)74(51(13)118)117-85(136)64(44-146)111-88(139)70(47(6)7)114-89(140)71(48(8)9)112-83(134)62(42-67(124)125)108-76(127)55(24-17-20-37-95)101-79(130)60(35-40-147-14)105-75(126)54(23-16-19-36-94)103-84(135)63(43-145)110-78(129)59(32-34-66(122)123)107-87(138)69(46(4)5)113-86(137)68(97)45(2)3/h27-30,45-51,54-64,68-74,118-119,145-146H,15-26,31-44,94-97H2,1-14H3,(H,101,130)(H,102,128)(H,103,135)(H,104,133)(H,105,126)(H,106,142)(H,107,138)(H,108,127)(H,109,141)(H,110,129)(H,111,139)(H,112,134)(H,113,137)(H,114,140)(H,115,131)(H,116,132)(H,117,136)(H,120,121)(H,122,123)(H,124,125)(H,143,144)(H4,98,99,100)/t50-,51+,54-,55-,56-,57-,58-,59-,60-,61-,62-,63-,64-,68-,69-,70-,71-,72-,73-,74-/m0/s1. The lowest BCUT2D eigenvalue weighted by Gasteiger charge is -2.30. The minimum Gasteiger partial charge on any atom is -0.508 e. The van der Waals surface area contributed by atoms with Crippen molar-refractivity contribution in [1.29, 1.82) is 0 Å². The number of amides is 17. The highest BCUT2D eigenvalue weighted by atomic mass is 32.2. The van der Waals surface area contributed by atoms with Gasteiger partial charge >= 0.3 is 23.9 Å². The topological polar surface area (TPSA) is 853 Å². The number of benzene rings is 1. The molecule has 0 saturated heterocycles. The number of nitrogens with zero attached hydrogens (tertiary/aromatic N) is 1. The van der Waals surface area contributed by atoms with Gasteiger partial charge in [-0.2, -0.15) is 37.0 Å². The Kier molecular flexibility index (Phi) is 63.4. The molecule has 1 aromatic carbocycles. The lowest BCUT2D eigenvalue weighted by molar-refractivity contribution is -0.143. The van der Waals surface area contributed by atoms with Crippen molar-refractivity contribution in [3.8, 4) is 5.75 Å². The van der Waals surface area contributed by atoms with Crippen molar-refractivity contribution in [2.75, 3.05) is 49.7 Å². The first-order valence-corrected chi connectivity index (χ1v) is 51.8. The molecule has 1 rings (SSSR count). The summed E-state index contributed by atoms with van der Waals surface area (Å²) in [5.41, 5.74) is 34.9. The first-order valence-electron chi connectivity index (χ1n) is 49.1. The number of carboxylic acid groups (broad SMARTS) is 4. The summed E-state index contributed by atoms with van der Waals surface area (Å²) in [6.45, 7) is 20.1. The van der Waals surface area contributed by atoms with E-state index in [1.54, 1.807) is 47.8 Å². The number of nitrogens with two attached hydrogens (primary N) is 6. The molecule has 832 valence electrons. The minimum absolute atomic E-state index is 0.0598. The van der Waals surface area contributed by atoms with Crippen LogP contribution in [0.3, 0.4) is 0 Å². The lowest BCUT2D eigenvalue weighted by atomic mass is 9.96. The third kappa shape index (κ3) is 50.0. The smallest absolute Gasteiger partial charge is 0.326 e. The number of guanidine groups is 1. The molecule has 51 nitrogen and oxygen atoms in total. The van der Waals surface area contributed by atoms with E-state index in [2.05, 4.69) is 121 Å². The van der Waals surface area contributed by atoms with Crippen LogP contribution in [0.15, 0.2) is 29.3 Å². The number of aliphatic carboxylic acids is 4. The maximum atomic E-state index is 14.9. The van der Waals surface area contributed by atoms with E-state index < -0.39 is 312 Å². The summed E-state index contributed by atoms with van der Waals surface area (Å²) >= 11 is 9.80. The van der Waals surface area contributed by atoms with E-state index in [0.717, 1.165) is 6.92 Å². The Morgan fingerprint density at radius 2 is 0.626 bits per heavy atom. The molecule has 147 heavy (non-hydrogen) atoms. The number of aliphatic hydroxyl groups is 1. The number of aliphatic imine (C=N–C) groups is 1.